The molecule has 1 heterocycles. The number of hydrogen-bond donors (Lipinski definition) is 3. The number of alkyl halides is 1. The second-order valence-corrected chi connectivity index (χ2v) is 14.0. The first-order chi connectivity index (χ1) is 22.6. The Bertz CT molecular complexity index is 1450. The topological polar surface area (TPSA) is 140 Å². The number of rotatable bonds is 9. The number of amides is 2. The van der Waals surface area contributed by atoms with E-state index in [4.69, 9.17) is 37.4 Å². The average Bonchev–Trinajstić information content (AvgIpc) is 3.04. The molecule has 0 radical (unpaired) electrons. The molecule has 0 aromatic heterocycles. The molecule has 1 aliphatic heterocycles. The molecule has 0 bridgehead atoms. The molecule has 1 unspecified atom stereocenters. The van der Waals surface area contributed by atoms with Gasteiger partial charge in [0.05, 0.1) is 29.0 Å². The van der Waals surface area contributed by atoms with Gasteiger partial charge in [0, 0.05) is 25.3 Å². The quantitative estimate of drug-likeness (QED) is 0.235. The summed E-state index contributed by atoms with van der Waals surface area (Å²) in [5.41, 5.74) is 0.104. The van der Waals surface area contributed by atoms with Gasteiger partial charge in [0.1, 0.15) is 17.9 Å². The Morgan fingerprint density at radius 1 is 1.04 bits per heavy atom. The number of hydrogen-bond acceptors (Lipinski definition) is 8. The maximum absolute atomic E-state index is 13.6. The van der Waals surface area contributed by atoms with Crippen molar-refractivity contribution in [1.82, 2.24) is 10.6 Å². The third kappa shape index (κ3) is 11.0. The van der Waals surface area contributed by atoms with E-state index in [1.807, 2.05) is 19.9 Å². The van der Waals surface area contributed by atoms with E-state index in [1.54, 1.807) is 63.2 Å². The van der Waals surface area contributed by atoms with Gasteiger partial charge in [-0.15, -0.1) is 11.6 Å². The number of aliphatic hydroxyl groups excluding tert-OH is 1. The van der Waals surface area contributed by atoms with Gasteiger partial charge in [-0.25, -0.2) is 4.79 Å². The summed E-state index contributed by atoms with van der Waals surface area (Å²) in [6.45, 7) is 8.49. The van der Waals surface area contributed by atoms with Crippen LogP contribution in [0.1, 0.15) is 64.0 Å². The third-order valence-electron chi connectivity index (χ3n) is 8.19. The summed E-state index contributed by atoms with van der Waals surface area (Å²) >= 11 is 13.0. The number of halogens is 2. The molecule has 262 valence electrons. The molecule has 0 aliphatic carbocycles. The maximum Gasteiger partial charge on any atom is 0.347 e. The Morgan fingerprint density at radius 2 is 1.73 bits per heavy atom. The van der Waals surface area contributed by atoms with Crippen molar-refractivity contribution in [1.29, 1.82) is 0 Å². The Hall–Kier alpha value is -3.60. The van der Waals surface area contributed by atoms with Crippen molar-refractivity contribution in [3.05, 3.63) is 76.8 Å². The highest BCUT2D eigenvalue weighted by Gasteiger charge is 2.38. The van der Waals surface area contributed by atoms with E-state index < -0.39 is 64.8 Å². The van der Waals surface area contributed by atoms with Crippen molar-refractivity contribution >= 4 is 47.0 Å². The minimum absolute atomic E-state index is 0.0224. The molecule has 0 saturated heterocycles. The van der Waals surface area contributed by atoms with E-state index in [-0.39, 0.29) is 31.7 Å². The Kier molecular flexibility index (Phi) is 14.3. The zero-order valence-corrected chi connectivity index (χ0v) is 29.7. The predicted octanol–water partition coefficient (Wildman–Crippen LogP) is 5.33. The van der Waals surface area contributed by atoms with Gasteiger partial charge in [-0.1, -0.05) is 74.8 Å². The van der Waals surface area contributed by atoms with Gasteiger partial charge >= 0.3 is 11.9 Å². The molecule has 0 saturated carbocycles. The molecule has 10 nitrogen and oxygen atoms in total. The van der Waals surface area contributed by atoms with Gasteiger partial charge in [-0.3, -0.25) is 14.4 Å². The molecule has 6 atom stereocenters. The van der Waals surface area contributed by atoms with Crippen molar-refractivity contribution in [2.24, 2.45) is 17.3 Å². The van der Waals surface area contributed by atoms with Crippen LogP contribution < -0.4 is 15.4 Å². The monoisotopic (exact) mass is 704 g/mol. The van der Waals surface area contributed by atoms with Crippen LogP contribution in [0.5, 0.6) is 5.75 Å². The molecule has 2 aromatic carbocycles. The smallest absolute Gasteiger partial charge is 0.347 e. The molecule has 3 rings (SSSR count). The first-order valence-corrected chi connectivity index (χ1v) is 16.8. The third-order valence-corrected chi connectivity index (χ3v) is 9.00. The summed E-state index contributed by atoms with van der Waals surface area (Å²) < 4.78 is 16.9. The lowest BCUT2D eigenvalue weighted by molar-refractivity contribution is -0.180. The van der Waals surface area contributed by atoms with Crippen molar-refractivity contribution in [2.45, 2.75) is 83.6 Å². The molecule has 1 aliphatic rings. The zero-order valence-electron chi connectivity index (χ0n) is 28.2. The number of methoxy groups -OCH3 is 1. The highest BCUT2D eigenvalue weighted by Crippen LogP contribution is 2.32. The van der Waals surface area contributed by atoms with Crippen molar-refractivity contribution < 1.29 is 38.5 Å². The van der Waals surface area contributed by atoms with Gasteiger partial charge in [0.15, 0.2) is 6.10 Å². The van der Waals surface area contributed by atoms with E-state index in [0.29, 0.717) is 21.9 Å². The van der Waals surface area contributed by atoms with Gasteiger partial charge < -0.3 is 30.0 Å². The normalized spacial score (nSPS) is 23.6. The number of carbonyl (C=O) groups is 4. The zero-order chi connectivity index (χ0) is 35.6. The number of cyclic esters (lactones) is 2. The van der Waals surface area contributed by atoms with E-state index in [0.717, 1.165) is 0 Å². The first kappa shape index (κ1) is 38.8. The van der Waals surface area contributed by atoms with E-state index >= 15 is 0 Å². The van der Waals surface area contributed by atoms with Crippen LogP contribution in [0.15, 0.2) is 60.7 Å². The summed E-state index contributed by atoms with van der Waals surface area (Å²) in [6.07, 6.45) is -0.287. The standard InChI is InChI=1S/C36H46Cl2N2O8/c1-21(2)17-29-34(44)47-27(22(3)32(42)31(38)24-11-8-7-9-12-24)13-10-14-30(41)40-26(19-23-15-16-28(46-6)25(37)18-23)33(43)39-20-36(4,5)35(45)48-29/h7-12,14-16,18,21-22,26-27,29,31-32,42H,13,17,19-20H2,1-6H3,(H,39,43)(H,40,41)/b14-10+/t22-,26+,27?,29-,31-,32+/m0/s1. The average molecular weight is 706 g/mol. The van der Waals surface area contributed by atoms with Crippen molar-refractivity contribution in [3.8, 4) is 5.75 Å². The van der Waals surface area contributed by atoms with Crippen LogP contribution in [-0.2, 0) is 35.1 Å². The number of nitrogens with one attached hydrogen (secondary N) is 2. The van der Waals surface area contributed by atoms with E-state index in [1.165, 1.54) is 19.3 Å². The van der Waals surface area contributed by atoms with Gasteiger partial charge in [0.25, 0.3) is 0 Å². The highest BCUT2D eigenvalue weighted by atomic mass is 35.5. The van der Waals surface area contributed by atoms with Crippen LogP contribution in [0, 0.1) is 17.3 Å². The maximum atomic E-state index is 13.6. The molecule has 3 N–H and O–H groups in total. The lowest BCUT2D eigenvalue weighted by Crippen LogP contribution is -2.51. The lowest BCUT2D eigenvalue weighted by Gasteiger charge is -2.32. The number of benzene rings is 2. The molecule has 0 spiro atoms. The Labute approximate surface area is 292 Å². The largest absolute Gasteiger partial charge is 0.495 e. The minimum atomic E-state index is -1.25. The van der Waals surface area contributed by atoms with Crippen LogP contribution in [0.2, 0.25) is 5.02 Å². The second kappa shape index (κ2) is 17.7. The molecule has 48 heavy (non-hydrogen) atoms. The van der Waals surface area contributed by atoms with Crippen LogP contribution in [0.3, 0.4) is 0 Å². The second-order valence-electron chi connectivity index (χ2n) is 13.1. The van der Waals surface area contributed by atoms with E-state index in [2.05, 4.69) is 10.6 Å². The molecular formula is C36H46Cl2N2O8. The van der Waals surface area contributed by atoms with Crippen LogP contribution >= 0.6 is 23.2 Å². The van der Waals surface area contributed by atoms with Gasteiger partial charge in [0.2, 0.25) is 11.8 Å². The molecule has 2 aromatic rings. The predicted molar refractivity (Wildman–Crippen MR) is 184 cm³/mol. The summed E-state index contributed by atoms with van der Waals surface area (Å²) in [5, 5.41) is 16.3. The van der Waals surface area contributed by atoms with Crippen LogP contribution in [0.4, 0.5) is 0 Å². The fourth-order valence-electron chi connectivity index (χ4n) is 5.14. The first-order valence-electron chi connectivity index (χ1n) is 16.0. The number of ether oxygens (including phenoxy) is 3. The summed E-state index contributed by atoms with van der Waals surface area (Å²) in [6, 6.07) is 13.0. The number of esters is 2. The minimum Gasteiger partial charge on any atom is -0.495 e. The lowest BCUT2D eigenvalue weighted by atomic mass is 9.90. The van der Waals surface area contributed by atoms with Crippen molar-refractivity contribution in [3.63, 3.8) is 0 Å². The molecular weight excluding hydrogens is 659 g/mol. The van der Waals surface area contributed by atoms with Gasteiger partial charge in [-0.05, 0) is 55.5 Å². The molecule has 0 fully saturated rings. The van der Waals surface area contributed by atoms with Crippen LogP contribution in [-0.4, -0.2) is 66.9 Å². The highest BCUT2D eigenvalue weighted by molar-refractivity contribution is 6.32. The van der Waals surface area contributed by atoms with E-state index in [9.17, 15) is 24.3 Å². The number of carbonyl (C=O) groups excluding carboxylic acids is 4. The fraction of sp³-hybridized carbons (Fsp3) is 0.500. The molecule has 12 heteroatoms. The SMILES string of the molecule is COc1ccc(C[C@H]2NC(=O)/C=C/CC([C@H](C)[C@@H](O)[C@@H](Cl)c3ccccc3)OC(=O)[C@H](CC(C)C)OC(=O)C(C)(C)CNC2=O)cc1Cl. The summed E-state index contributed by atoms with van der Waals surface area (Å²) in [5.74, 6) is -2.87. The number of aliphatic hydroxyl groups is 1. The van der Waals surface area contributed by atoms with Crippen molar-refractivity contribution in [2.75, 3.05) is 13.7 Å². The Morgan fingerprint density at radius 3 is 2.35 bits per heavy atom. The van der Waals surface area contributed by atoms with Gasteiger partial charge in [-0.2, -0.15) is 0 Å². The fourth-order valence-corrected chi connectivity index (χ4v) is 5.79. The molecule has 2 amide bonds. The summed E-state index contributed by atoms with van der Waals surface area (Å²) in [7, 11) is 1.49. The Balaban J connectivity index is 1.96. The summed E-state index contributed by atoms with van der Waals surface area (Å²) in [4.78, 5) is 53.6. The van der Waals surface area contributed by atoms with Crippen LogP contribution in [0.25, 0.3) is 0 Å².